The predicted octanol–water partition coefficient (Wildman–Crippen LogP) is 1.64. The van der Waals surface area contributed by atoms with Crippen LogP contribution >= 0.6 is 0 Å². The lowest BCUT2D eigenvalue weighted by molar-refractivity contribution is -0.129. The molecule has 0 saturated heterocycles. The van der Waals surface area contributed by atoms with E-state index >= 15 is 0 Å². The van der Waals surface area contributed by atoms with Gasteiger partial charge in [-0.05, 0) is 24.6 Å². The van der Waals surface area contributed by atoms with Crippen molar-refractivity contribution in [1.29, 1.82) is 0 Å². The van der Waals surface area contributed by atoms with Gasteiger partial charge in [-0.1, -0.05) is 12.1 Å². The monoisotopic (exact) mass is 208 g/mol. The fourth-order valence-corrected chi connectivity index (χ4v) is 1.25. The van der Waals surface area contributed by atoms with Gasteiger partial charge in [0.2, 0.25) is 0 Å². The van der Waals surface area contributed by atoms with E-state index in [2.05, 4.69) is 5.18 Å². The number of anilines is 1. The Morgan fingerprint density at radius 2 is 2.33 bits per heavy atom. The molecular weight excluding hydrogens is 196 g/mol. The molecule has 0 heterocycles. The van der Waals surface area contributed by atoms with Crippen molar-refractivity contribution < 1.29 is 9.53 Å². The van der Waals surface area contributed by atoms with Gasteiger partial charge in [-0.2, -0.15) is 0 Å². The summed E-state index contributed by atoms with van der Waals surface area (Å²) in [5, 5.41) is 2.36. The highest BCUT2D eigenvalue weighted by molar-refractivity contribution is 5.83. The van der Waals surface area contributed by atoms with E-state index in [4.69, 9.17) is 10.5 Å². The molecule has 15 heavy (non-hydrogen) atoms. The summed E-state index contributed by atoms with van der Waals surface area (Å²) in [6, 6.07) is 6.63. The Bertz CT molecular complexity index is 365. The summed E-state index contributed by atoms with van der Waals surface area (Å²) in [4.78, 5) is 21.3. The molecule has 5 heteroatoms. The third-order valence-corrected chi connectivity index (χ3v) is 1.86. The first-order valence-electron chi connectivity index (χ1n) is 4.53. The van der Waals surface area contributed by atoms with E-state index < -0.39 is 12.0 Å². The van der Waals surface area contributed by atoms with Crippen LogP contribution in [0.1, 0.15) is 18.6 Å². The molecule has 0 aromatic heterocycles. The van der Waals surface area contributed by atoms with Crippen molar-refractivity contribution in [2.45, 2.75) is 13.0 Å². The molecule has 0 radical (unpaired) electrons. The smallest absolute Gasteiger partial charge is 0.319 e. The molecule has 0 aliphatic heterocycles. The van der Waals surface area contributed by atoms with Crippen molar-refractivity contribution in [2.24, 2.45) is 5.18 Å². The Labute approximate surface area is 87.2 Å². The van der Waals surface area contributed by atoms with Gasteiger partial charge in [0.1, 0.15) is 0 Å². The van der Waals surface area contributed by atoms with Gasteiger partial charge in [-0.3, -0.25) is 4.79 Å². The van der Waals surface area contributed by atoms with Gasteiger partial charge in [-0.25, -0.2) is 0 Å². The van der Waals surface area contributed by atoms with E-state index in [0.29, 0.717) is 17.9 Å². The summed E-state index contributed by atoms with van der Waals surface area (Å²) in [5.41, 5.74) is 6.61. The average Bonchev–Trinajstić information content (AvgIpc) is 2.25. The second kappa shape index (κ2) is 5.21. The number of benzene rings is 1. The van der Waals surface area contributed by atoms with E-state index in [9.17, 15) is 9.70 Å². The van der Waals surface area contributed by atoms with Crippen molar-refractivity contribution in [3.05, 3.63) is 34.7 Å². The molecule has 1 aromatic carbocycles. The van der Waals surface area contributed by atoms with E-state index in [1.807, 2.05) is 0 Å². The van der Waals surface area contributed by atoms with E-state index in [0.717, 1.165) is 0 Å². The molecule has 5 nitrogen and oxygen atoms in total. The molecule has 0 aliphatic carbocycles. The van der Waals surface area contributed by atoms with Gasteiger partial charge in [0.05, 0.1) is 0 Å². The minimum atomic E-state index is -0.948. The summed E-state index contributed by atoms with van der Waals surface area (Å²) in [6.45, 7) is 2.05. The lowest BCUT2D eigenvalue weighted by atomic mass is 10.1. The molecule has 1 unspecified atom stereocenters. The normalized spacial score (nSPS) is 12.1. The third-order valence-electron chi connectivity index (χ3n) is 1.86. The number of nitrogens with two attached hydrogens (primary N) is 1. The van der Waals surface area contributed by atoms with Crippen LogP contribution < -0.4 is 5.73 Å². The summed E-state index contributed by atoms with van der Waals surface area (Å²) in [7, 11) is 0. The summed E-state index contributed by atoms with van der Waals surface area (Å²) < 4.78 is 5.14. The quantitative estimate of drug-likeness (QED) is 0.602. The molecule has 0 aliphatic rings. The summed E-state index contributed by atoms with van der Waals surface area (Å²) >= 11 is 0. The number of rotatable bonds is 4. The van der Waals surface area contributed by atoms with Crippen LogP contribution in [-0.4, -0.2) is 12.5 Å². The van der Waals surface area contributed by atoms with Crippen LogP contribution in [0.5, 0.6) is 0 Å². The lowest BCUT2D eigenvalue weighted by Gasteiger charge is -2.12. The number of carbonyl (C=O) groups excluding carboxylic acids is 1. The molecule has 2 N–H and O–H groups in total. The van der Waals surface area contributed by atoms with Crippen LogP contribution in [0.4, 0.5) is 5.69 Å². The summed E-state index contributed by atoms with van der Waals surface area (Å²) in [6.07, 6.45) is -0.948. The van der Waals surface area contributed by atoms with E-state index in [1.165, 1.54) is 0 Å². The minimum Gasteiger partial charge on any atom is -0.399 e. The Morgan fingerprint density at radius 3 is 2.87 bits per heavy atom. The Balaban J connectivity index is 2.98. The van der Waals surface area contributed by atoms with Crippen molar-refractivity contribution in [1.82, 2.24) is 0 Å². The Morgan fingerprint density at radius 1 is 1.60 bits per heavy atom. The number of nitrogens with zero attached hydrogens (tertiary/aromatic N) is 1. The minimum absolute atomic E-state index is 0.320. The highest BCUT2D eigenvalue weighted by Gasteiger charge is 2.21. The van der Waals surface area contributed by atoms with Crippen LogP contribution in [0.15, 0.2) is 29.4 Å². The third kappa shape index (κ3) is 2.85. The van der Waals surface area contributed by atoms with Crippen molar-refractivity contribution in [2.75, 3.05) is 12.3 Å². The van der Waals surface area contributed by atoms with Gasteiger partial charge in [0.25, 0.3) is 0 Å². The first kappa shape index (κ1) is 11.3. The zero-order valence-corrected chi connectivity index (χ0v) is 8.34. The van der Waals surface area contributed by atoms with Crippen LogP contribution in [-0.2, 0) is 9.53 Å². The van der Waals surface area contributed by atoms with Crippen LogP contribution in [0.3, 0.4) is 0 Å². The van der Waals surface area contributed by atoms with Crippen LogP contribution in [0.2, 0.25) is 0 Å². The van der Waals surface area contributed by atoms with Gasteiger partial charge in [0.15, 0.2) is 6.10 Å². The number of carbonyl (C=O) groups is 1. The summed E-state index contributed by atoms with van der Waals surface area (Å²) in [5.74, 6) is -0.845. The average molecular weight is 208 g/mol. The largest absolute Gasteiger partial charge is 0.399 e. The first-order chi connectivity index (χ1) is 7.19. The van der Waals surface area contributed by atoms with Gasteiger partial charge >= 0.3 is 5.91 Å². The molecule has 1 atom stereocenters. The molecule has 0 spiro atoms. The van der Waals surface area contributed by atoms with E-state index in [1.54, 1.807) is 31.2 Å². The molecule has 1 amide bonds. The standard InChI is InChI=1S/C10H12N2O3/c1-2-15-9(10(13)12-14)7-4-3-5-8(11)6-7/h3-6,9H,2,11H2,1H3. The number of nitrogen functional groups attached to an aromatic ring is 1. The van der Waals surface area contributed by atoms with Crippen LogP contribution in [0.25, 0.3) is 0 Å². The molecular formula is C10H12N2O3. The highest BCUT2D eigenvalue weighted by atomic mass is 16.5. The number of ether oxygens (including phenoxy) is 1. The van der Waals surface area contributed by atoms with Gasteiger partial charge in [0, 0.05) is 17.5 Å². The van der Waals surface area contributed by atoms with Crippen molar-refractivity contribution >= 4 is 11.6 Å². The Hall–Kier alpha value is -1.75. The lowest BCUT2D eigenvalue weighted by Crippen LogP contribution is -2.13. The van der Waals surface area contributed by atoms with Crippen molar-refractivity contribution in [3.8, 4) is 0 Å². The topological polar surface area (TPSA) is 81.8 Å². The SMILES string of the molecule is CCOC(C(=O)N=O)c1cccc(N)c1. The maximum atomic E-state index is 11.2. The molecule has 0 bridgehead atoms. The maximum Gasteiger partial charge on any atom is 0.319 e. The molecule has 1 rings (SSSR count). The second-order valence-electron chi connectivity index (χ2n) is 2.94. The first-order valence-corrected chi connectivity index (χ1v) is 4.53. The number of amides is 1. The molecule has 1 aromatic rings. The molecule has 0 saturated carbocycles. The molecule has 0 fully saturated rings. The second-order valence-corrected chi connectivity index (χ2v) is 2.94. The zero-order valence-electron chi connectivity index (χ0n) is 8.34. The molecule has 80 valence electrons. The van der Waals surface area contributed by atoms with Crippen molar-refractivity contribution in [3.63, 3.8) is 0 Å². The fourth-order valence-electron chi connectivity index (χ4n) is 1.25. The zero-order chi connectivity index (χ0) is 11.3. The van der Waals surface area contributed by atoms with Crippen LogP contribution in [0, 0.1) is 4.91 Å². The highest BCUT2D eigenvalue weighted by Crippen LogP contribution is 2.20. The van der Waals surface area contributed by atoms with Gasteiger partial charge < -0.3 is 10.5 Å². The fraction of sp³-hybridized carbons (Fsp3) is 0.300. The van der Waals surface area contributed by atoms with Gasteiger partial charge in [-0.15, -0.1) is 4.91 Å². The van der Waals surface area contributed by atoms with E-state index in [-0.39, 0.29) is 0 Å². The number of nitroso groups, excluding NO2 is 1. The number of hydrogen-bond acceptors (Lipinski definition) is 4. The predicted molar refractivity (Wildman–Crippen MR) is 56.0 cm³/mol. The maximum absolute atomic E-state index is 11.2. The Kier molecular flexibility index (Phi) is 3.93. The number of hydrogen-bond donors (Lipinski definition) is 1.